The Hall–Kier alpha value is -1.75. The maximum atomic E-state index is 12.6. The van der Waals surface area contributed by atoms with Gasteiger partial charge in [-0.25, -0.2) is 0 Å². The zero-order chi connectivity index (χ0) is 14.5. The number of nitrogens with zero attached hydrogens (tertiary/aromatic N) is 1. The molecule has 2 unspecified atom stereocenters. The molecule has 0 spiro atoms. The molecule has 2 rings (SSSR count). The molecule has 1 aliphatic heterocycles. The zero-order valence-electron chi connectivity index (χ0n) is 12.3. The molecule has 5 heteroatoms. The molecule has 1 heterocycles. The van der Waals surface area contributed by atoms with E-state index < -0.39 is 0 Å². The first-order chi connectivity index (χ1) is 9.67. The highest BCUT2D eigenvalue weighted by Crippen LogP contribution is 2.25. The number of ether oxygens (including phenoxy) is 1. The van der Waals surface area contributed by atoms with E-state index in [1.54, 1.807) is 7.11 Å². The molecule has 1 aromatic rings. The van der Waals surface area contributed by atoms with Crippen molar-refractivity contribution in [3.05, 3.63) is 24.3 Å². The van der Waals surface area contributed by atoms with Gasteiger partial charge < -0.3 is 20.3 Å². The predicted octanol–water partition coefficient (Wildman–Crippen LogP) is 1.78. The summed E-state index contributed by atoms with van der Waals surface area (Å²) in [5, 5.41) is 6.62. The smallest absolute Gasteiger partial charge is 0.247 e. The van der Waals surface area contributed by atoms with Crippen LogP contribution in [0.1, 0.15) is 13.8 Å². The number of fused-ring (bicyclic) bond motifs is 1. The van der Waals surface area contributed by atoms with E-state index in [9.17, 15) is 4.79 Å². The number of amides is 1. The number of nitrogens with one attached hydrogen (secondary N) is 2. The number of benzene rings is 1. The number of likely N-dealkylation sites (N-methyl/N-ethyl adjacent to an activating group) is 1. The van der Waals surface area contributed by atoms with Gasteiger partial charge in [-0.15, -0.1) is 0 Å². The van der Waals surface area contributed by atoms with Gasteiger partial charge in [-0.05, 0) is 26.0 Å². The second-order valence-corrected chi connectivity index (χ2v) is 5.05. The summed E-state index contributed by atoms with van der Waals surface area (Å²) in [4.78, 5) is 14.5. The van der Waals surface area contributed by atoms with Gasteiger partial charge in [0.1, 0.15) is 6.04 Å². The van der Waals surface area contributed by atoms with E-state index in [2.05, 4.69) is 10.6 Å². The van der Waals surface area contributed by atoms with Gasteiger partial charge in [-0.1, -0.05) is 12.1 Å². The standard InChI is InChI=1S/C15H23N3O2/c1-4-18(11(2)10-20-3)15(19)14-9-16-12-7-5-6-8-13(12)17-14/h5-8,11,14,16-17H,4,9-10H2,1-3H3. The first kappa shape index (κ1) is 14.7. The molecular weight excluding hydrogens is 254 g/mol. The van der Waals surface area contributed by atoms with E-state index >= 15 is 0 Å². The SMILES string of the molecule is CCN(C(=O)C1CNc2ccccc2N1)C(C)COC. The van der Waals surface area contributed by atoms with Gasteiger partial charge in [-0.2, -0.15) is 0 Å². The van der Waals surface area contributed by atoms with Crippen molar-refractivity contribution in [2.45, 2.75) is 25.9 Å². The Balaban J connectivity index is 2.06. The van der Waals surface area contributed by atoms with Crippen molar-refractivity contribution in [3.8, 4) is 0 Å². The number of hydrogen-bond acceptors (Lipinski definition) is 4. The lowest BCUT2D eigenvalue weighted by atomic mass is 10.1. The van der Waals surface area contributed by atoms with Gasteiger partial charge in [0.25, 0.3) is 0 Å². The molecule has 5 nitrogen and oxygen atoms in total. The summed E-state index contributed by atoms with van der Waals surface area (Å²) in [5.41, 5.74) is 2.03. The molecule has 0 saturated heterocycles. The zero-order valence-corrected chi connectivity index (χ0v) is 12.3. The number of hydrogen-bond donors (Lipinski definition) is 2. The second kappa shape index (κ2) is 6.61. The average molecular weight is 277 g/mol. The Morgan fingerprint density at radius 1 is 1.45 bits per heavy atom. The molecular formula is C15H23N3O2. The van der Waals surface area contributed by atoms with Crippen LogP contribution in [0, 0.1) is 0 Å². The van der Waals surface area contributed by atoms with E-state index in [1.165, 1.54) is 0 Å². The van der Waals surface area contributed by atoms with Crippen molar-refractivity contribution < 1.29 is 9.53 Å². The minimum absolute atomic E-state index is 0.0801. The van der Waals surface area contributed by atoms with E-state index in [0.29, 0.717) is 19.7 Å². The third-order valence-electron chi connectivity index (χ3n) is 3.62. The Morgan fingerprint density at radius 2 is 2.15 bits per heavy atom. The number of carbonyl (C=O) groups excluding carboxylic acids is 1. The van der Waals surface area contributed by atoms with Crippen LogP contribution < -0.4 is 10.6 Å². The summed E-state index contributed by atoms with van der Waals surface area (Å²) in [6.07, 6.45) is 0. The van der Waals surface area contributed by atoms with Crippen LogP contribution in [0.5, 0.6) is 0 Å². The van der Waals surface area contributed by atoms with E-state index in [1.807, 2.05) is 43.0 Å². The Morgan fingerprint density at radius 3 is 2.80 bits per heavy atom. The summed E-state index contributed by atoms with van der Waals surface area (Å²) in [6, 6.07) is 7.78. The fourth-order valence-corrected chi connectivity index (χ4v) is 2.58. The van der Waals surface area contributed by atoms with Crippen LogP contribution in [-0.4, -0.2) is 49.7 Å². The lowest BCUT2D eigenvalue weighted by molar-refractivity contribution is -0.134. The quantitative estimate of drug-likeness (QED) is 0.861. The summed E-state index contributed by atoms with van der Waals surface area (Å²) in [7, 11) is 1.66. The average Bonchev–Trinajstić information content (AvgIpc) is 2.47. The first-order valence-corrected chi connectivity index (χ1v) is 7.06. The second-order valence-electron chi connectivity index (χ2n) is 5.05. The van der Waals surface area contributed by atoms with E-state index in [0.717, 1.165) is 11.4 Å². The van der Waals surface area contributed by atoms with Crippen LogP contribution in [0.15, 0.2) is 24.3 Å². The largest absolute Gasteiger partial charge is 0.383 e. The topological polar surface area (TPSA) is 53.6 Å². The maximum Gasteiger partial charge on any atom is 0.247 e. The van der Waals surface area contributed by atoms with Gasteiger partial charge in [0.15, 0.2) is 0 Å². The van der Waals surface area contributed by atoms with Gasteiger partial charge in [-0.3, -0.25) is 4.79 Å². The highest BCUT2D eigenvalue weighted by atomic mass is 16.5. The van der Waals surface area contributed by atoms with Crippen molar-refractivity contribution in [3.63, 3.8) is 0 Å². The fraction of sp³-hybridized carbons (Fsp3) is 0.533. The van der Waals surface area contributed by atoms with Crippen LogP contribution in [0.4, 0.5) is 11.4 Å². The van der Waals surface area contributed by atoms with Crippen molar-refractivity contribution in [2.24, 2.45) is 0 Å². The molecule has 20 heavy (non-hydrogen) atoms. The van der Waals surface area contributed by atoms with E-state index in [4.69, 9.17) is 4.74 Å². The molecule has 2 N–H and O–H groups in total. The monoisotopic (exact) mass is 277 g/mol. The molecule has 110 valence electrons. The molecule has 1 amide bonds. The van der Waals surface area contributed by atoms with Crippen molar-refractivity contribution in [2.75, 3.05) is 37.4 Å². The molecule has 0 aromatic heterocycles. The van der Waals surface area contributed by atoms with Crippen LogP contribution in [0.2, 0.25) is 0 Å². The normalized spacial score (nSPS) is 18.4. The van der Waals surface area contributed by atoms with Gasteiger partial charge in [0.2, 0.25) is 5.91 Å². The van der Waals surface area contributed by atoms with Crippen LogP contribution >= 0.6 is 0 Å². The van der Waals surface area contributed by atoms with E-state index in [-0.39, 0.29) is 18.0 Å². The van der Waals surface area contributed by atoms with Crippen molar-refractivity contribution in [1.82, 2.24) is 4.90 Å². The highest BCUT2D eigenvalue weighted by Gasteiger charge is 2.29. The van der Waals surface area contributed by atoms with Crippen LogP contribution in [0.3, 0.4) is 0 Å². The molecule has 1 aromatic carbocycles. The maximum absolute atomic E-state index is 12.6. The van der Waals surface area contributed by atoms with Gasteiger partial charge >= 0.3 is 0 Å². The number of anilines is 2. The van der Waals surface area contributed by atoms with Crippen molar-refractivity contribution in [1.29, 1.82) is 0 Å². The molecule has 0 aliphatic carbocycles. The molecule has 0 saturated carbocycles. The first-order valence-electron chi connectivity index (χ1n) is 7.06. The number of para-hydroxylation sites is 2. The predicted molar refractivity (Wildman–Crippen MR) is 81.1 cm³/mol. The highest BCUT2D eigenvalue weighted by molar-refractivity contribution is 5.88. The Bertz CT molecular complexity index is 464. The molecule has 0 radical (unpaired) electrons. The van der Waals surface area contributed by atoms with Gasteiger partial charge in [0, 0.05) is 20.2 Å². The Labute approximate surface area is 120 Å². The number of rotatable bonds is 5. The summed E-state index contributed by atoms with van der Waals surface area (Å²) in [6.45, 7) is 5.84. The minimum atomic E-state index is -0.232. The summed E-state index contributed by atoms with van der Waals surface area (Å²) in [5.74, 6) is 0.110. The van der Waals surface area contributed by atoms with Crippen LogP contribution in [-0.2, 0) is 9.53 Å². The fourth-order valence-electron chi connectivity index (χ4n) is 2.58. The Kier molecular flexibility index (Phi) is 4.84. The molecule has 1 aliphatic rings. The minimum Gasteiger partial charge on any atom is -0.383 e. The molecule has 0 bridgehead atoms. The lowest BCUT2D eigenvalue weighted by Crippen LogP contribution is -2.51. The van der Waals surface area contributed by atoms with Gasteiger partial charge in [0.05, 0.1) is 24.0 Å². The number of carbonyl (C=O) groups is 1. The third-order valence-corrected chi connectivity index (χ3v) is 3.62. The number of methoxy groups -OCH3 is 1. The van der Waals surface area contributed by atoms with Crippen LogP contribution in [0.25, 0.3) is 0 Å². The molecule has 0 fully saturated rings. The summed E-state index contributed by atoms with van der Waals surface area (Å²) < 4.78 is 5.15. The lowest BCUT2D eigenvalue weighted by Gasteiger charge is -2.34. The van der Waals surface area contributed by atoms with Crippen molar-refractivity contribution >= 4 is 17.3 Å². The molecule has 2 atom stereocenters. The summed E-state index contributed by atoms with van der Waals surface area (Å²) >= 11 is 0. The third kappa shape index (κ3) is 3.04.